The van der Waals surface area contributed by atoms with Crippen molar-refractivity contribution >= 4 is 23.1 Å². The van der Waals surface area contributed by atoms with Gasteiger partial charge in [0.2, 0.25) is 11.7 Å². The van der Waals surface area contributed by atoms with E-state index in [1.54, 1.807) is 23.1 Å². The van der Waals surface area contributed by atoms with Gasteiger partial charge >= 0.3 is 0 Å². The molecule has 4 rings (SSSR count). The summed E-state index contributed by atoms with van der Waals surface area (Å²) in [7, 11) is 0. The molecule has 0 amide bonds. The van der Waals surface area contributed by atoms with E-state index >= 15 is 0 Å². The molecule has 0 saturated carbocycles. The van der Waals surface area contributed by atoms with E-state index in [1.807, 2.05) is 23.6 Å². The van der Waals surface area contributed by atoms with Crippen molar-refractivity contribution in [2.24, 2.45) is 0 Å². The van der Waals surface area contributed by atoms with E-state index in [0.717, 1.165) is 28.0 Å². The Balaban J connectivity index is 1.46. The Kier molecular flexibility index (Phi) is 5.59. The molecule has 0 aliphatic heterocycles. The smallest absolute Gasteiger partial charge is 0.237 e. The molecule has 0 aliphatic carbocycles. The Morgan fingerprint density at radius 3 is 2.64 bits per heavy atom. The van der Waals surface area contributed by atoms with Crippen LogP contribution in [-0.4, -0.2) is 24.9 Å². The lowest BCUT2D eigenvalue weighted by atomic mass is 10.0. The molecule has 28 heavy (non-hydrogen) atoms. The van der Waals surface area contributed by atoms with Crippen LogP contribution in [0.25, 0.3) is 22.1 Å². The highest BCUT2D eigenvalue weighted by molar-refractivity contribution is 7.98. The zero-order chi connectivity index (χ0) is 19.5. The summed E-state index contributed by atoms with van der Waals surface area (Å²) in [4.78, 5) is 5.65. The lowest BCUT2D eigenvalue weighted by Gasteiger charge is -2.05. The molecule has 0 N–H and O–H groups in total. The third kappa shape index (κ3) is 3.88. The van der Waals surface area contributed by atoms with Crippen LogP contribution in [0.3, 0.4) is 0 Å². The molecule has 3 heterocycles. The number of hydrogen-bond donors (Lipinski definition) is 0. The number of hydrogen-bond acceptors (Lipinski definition) is 7. The third-order valence-electron chi connectivity index (χ3n) is 4.40. The maximum atomic E-state index is 5.43. The molecule has 8 heteroatoms. The molecule has 0 saturated heterocycles. The Morgan fingerprint density at radius 2 is 1.96 bits per heavy atom. The minimum atomic E-state index is 0.501. The zero-order valence-electron chi connectivity index (χ0n) is 16.0. The van der Waals surface area contributed by atoms with Crippen molar-refractivity contribution in [3.63, 3.8) is 0 Å². The van der Waals surface area contributed by atoms with Crippen molar-refractivity contribution in [1.82, 2.24) is 24.9 Å². The fourth-order valence-corrected chi connectivity index (χ4v) is 4.40. The van der Waals surface area contributed by atoms with Crippen LogP contribution in [0, 0.1) is 0 Å². The molecular weight excluding hydrogens is 390 g/mol. The minimum absolute atomic E-state index is 0.501. The van der Waals surface area contributed by atoms with Gasteiger partial charge in [-0.1, -0.05) is 61.1 Å². The second kappa shape index (κ2) is 8.28. The minimum Gasteiger partial charge on any atom is -0.338 e. The van der Waals surface area contributed by atoms with E-state index in [9.17, 15) is 0 Å². The summed E-state index contributed by atoms with van der Waals surface area (Å²) < 4.78 is 7.54. The van der Waals surface area contributed by atoms with Crippen molar-refractivity contribution in [2.45, 2.75) is 44.1 Å². The van der Waals surface area contributed by atoms with Gasteiger partial charge in [0.05, 0.1) is 10.6 Å². The maximum Gasteiger partial charge on any atom is 0.237 e. The zero-order valence-corrected chi connectivity index (χ0v) is 17.6. The number of nitrogens with zero attached hydrogens (tertiary/aromatic N) is 5. The SMILES string of the molecule is CCn1c(SCc2nc(-c3ccc(C(C)C)cc3)no2)nnc1-c1cccs1. The van der Waals surface area contributed by atoms with Gasteiger partial charge in [-0.15, -0.1) is 21.5 Å². The van der Waals surface area contributed by atoms with Gasteiger partial charge in [-0.3, -0.25) is 0 Å². The van der Waals surface area contributed by atoms with E-state index in [4.69, 9.17) is 4.52 Å². The topological polar surface area (TPSA) is 69.6 Å². The van der Waals surface area contributed by atoms with Gasteiger partial charge in [0.25, 0.3) is 0 Å². The number of aromatic nitrogens is 5. The van der Waals surface area contributed by atoms with Crippen molar-refractivity contribution in [3.8, 4) is 22.1 Å². The summed E-state index contributed by atoms with van der Waals surface area (Å²) >= 11 is 3.22. The molecule has 0 radical (unpaired) electrons. The van der Waals surface area contributed by atoms with Gasteiger partial charge in [-0.25, -0.2) is 0 Å². The summed E-state index contributed by atoms with van der Waals surface area (Å²) in [6.45, 7) is 7.26. The largest absolute Gasteiger partial charge is 0.338 e. The van der Waals surface area contributed by atoms with Crippen molar-refractivity contribution < 1.29 is 4.52 Å². The van der Waals surface area contributed by atoms with Gasteiger partial charge < -0.3 is 9.09 Å². The summed E-state index contributed by atoms with van der Waals surface area (Å²) in [5.41, 5.74) is 2.25. The first kappa shape index (κ1) is 18.9. The molecule has 0 aliphatic rings. The summed E-state index contributed by atoms with van der Waals surface area (Å²) in [6, 6.07) is 12.4. The van der Waals surface area contributed by atoms with E-state index in [1.165, 1.54) is 5.56 Å². The van der Waals surface area contributed by atoms with Crippen LogP contribution >= 0.6 is 23.1 Å². The first-order valence-electron chi connectivity index (χ1n) is 9.18. The van der Waals surface area contributed by atoms with Crippen LogP contribution in [0.4, 0.5) is 0 Å². The first-order valence-corrected chi connectivity index (χ1v) is 11.0. The van der Waals surface area contributed by atoms with Crippen molar-refractivity contribution in [2.75, 3.05) is 0 Å². The first-order chi connectivity index (χ1) is 13.7. The van der Waals surface area contributed by atoms with Crippen LogP contribution < -0.4 is 0 Å². The predicted molar refractivity (Wildman–Crippen MR) is 112 cm³/mol. The highest BCUT2D eigenvalue weighted by Gasteiger charge is 2.16. The van der Waals surface area contributed by atoms with E-state index < -0.39 is 0 Å². The fraction of sp³-hybridized carbons (Fsp3) is 0.300. The highest BCUT2D eigenvalue weighted by atomic mass is 32.2. The number of thioether (sulfide) groups is 1. The average molecular weight is 412 g/mol. The molecule has 3 aromatic heterocycles. The summed E-state index contributed by atoms with van der Waals surface area (Å²) in [6.07, 6.45) is 0. The lowest BCUT2D eigenvalue weighted by molar-refractivity contribution is 0.391. The lowest BCUT2D eigenvalue weighted by Crippen LogP contribution is -1.99. The van der Waals surface area contributed by atoms with Gasteiger partial charge in [-0.2, -0.15) is 4.98 Å². The molecule has 0 spiro atoms. The van der Waals surface area contributed by atoms with Crippen LogP contribution in [0.1, 0.15) is 38.1 Å². The number of rotatable bonds is 7. The number of benzene rings is 1. The summed E-state index contributed by atoms with van der Waals surface area (Å²) in [5, 5.41) is 15.7. The van der Waals surface area contributed by atoms with E-state index in [-0.39, 0.29) is 0 Å². The van der Waals surface area contributed by atoms with E-state index in [2.05, 4.69) is 63.9 Å². The molecule has 0 fully saturated rings. The fourth-order valence-electron chi connectivity index (χ4n) is 2.84. The number of thiophene rings is 1. The van der Waals surface area contributed by atoms with Crippen LogP contribution in [0.2, 0.25) is 0 Å². The van der Waals surface area contributed by atoms with E-state index in [0.29, 0.717) is 23.4 Å². The highest BCUT2D eigenvalue weighted by Crippen LogP contribution is 2.29. The molecule has 144 valence electrons. The van der Waals surface area contributed by atoms with Crippen molar-refractivity contribution in [3.05, 3.63) is 53.2 Å². The molecule has 0 atom stereocenters. The Bertz CT molecular complexity index is 1040. The molecule has 0 unspecified atom stereocenters. The van der Waals surface area contributed by atoms with Gasteiger partial charge in [0.15, 0.2) is 11.0 Å². The molecule has 6 nitrogen and oxygen atoms in total. The molecular formula is C20H21N5OS2. The predicted octanol–water partition coefficient (Wildman–Crippen LogP) is 5.49. The Morgan fingerprint density at radius 1 is 1.14 bits per heavy atom. The Labute approximate surface area is 172 Å². The molecule has 1 aromatic carbocycles. The Hall–Kier alpha value is -2.45. The normalized spacial score (nSPS) is 11.4. The third-order valence-corrected chi connectivity index (χ3v) is 6.22. The monoisotopic (exact) mass is 411 g/mol. The maximum absolute atomic E-state index is 5.43. The quantitative estimate of drug-likeness (QED) is 0.374. The van der Waals surface area contributed by atoms with Crippen LogP contribution in [0.5, 0.6) is 0 Å². The molecule has 4 aromatic rings. The van der Waals surface area contributed by atoms with Crippen LogP contribution in [0.15, 0.2) is 51.5 Å². The van der Waals surface area contributed by atoms with Gasteiger partial charge in [0.1, 0.15) is 0 Å². The second-order valence-corrected chi connectivity index (χ2v) is 8.50. The average Bonchev–Trinajstić information content (AvgIpc) is 3.46. The second-order valence-electron chi connectivity index (χ2n) is 6.60. The molecule has 0 bridgehead atoms. The van der Waals surface area contributed by atoms with Gasteiger partial charge in [0, 0.05) is 12.1 Å². The summed E-state index contributed by atoms with van der Waals surface area (Å²) in [5.74, 6) is 3.15. The van der Waals surface area contributed by atoms with Crippen LogP contribution in [-0.2, 0) is 12.3 Å². The van der Waals surface area contributed by atoms with Crippen molar-refractivity contribution in [1.29, 1.82) is 0 Å². The standard InChI is InChI=1S/C20H21N5OS2/c1-4-25-19(16-6-5-11-27-16)22-23-20(25)28-12-17-21-18(24-26-17)15-9-7-14(8-10-15)13(2)3/h5-11,13H,4,12H2,1-3H3. The van der Waals surface area contributed by atoms with Gasteiger partial charge in [-0.05, 0) is 29.9 Å².